The predicted molar refractivity (Wildman–Crippen MR) is 99.7 cm³/mol. The van der Waals surface area contributed by atoms with Gasteiger partial charge in [-0.2, -0.15) is 0 Å². The summed E-state index contributed by atoms with van der Waals surface area (Å²) < 4.78 is 15.8. The van der Waals surface area contributed by atoms with E-state index >= 15 is 0 Å². The van der Waals surface area contributed by atoms with E-state index in [1.54, 1.807) is 7.11 Å². The summed E-state index contributed by atoms with van der Waals surface area (Å²) >= 11 is 0. The monoisotopic (exact) mass is 369 g/mol. The Morgan fingerprint density at radius 1 is 1.00 bits per heavy atom. The SMILES string of the molecule is COc1cc(CCCCC2NC(=O)OC2=O)ccc1OCc1ccccc1. The average molecular weight is 369 g/mol. The standard InChI is InChI=1S/C21H23NO5/c1-25-19-13-15(7-5-6-10-17-20(23)27-21(24)22-17)11-12-18(19)26-14-16-8-3-2-4-9-16/h2-4,8-9,11-13,17H,5-7,10,14H2,1H3,(H,22,24). The number of esters is 1. The summed E-state index contributed by atoms with van der Waals surface area (Å²) in [5, 5.41) is 2.51. The zero-order chi connectivity index (χ0) is 19.1. The van der Waals surface area contributed by atoms with Gasteiger partial charge in [-0.15, -0.1) is 0 Å². The number of amides is 1. The summed E-state index contributed by atoms with van der Waals surface area (Å²) in [4.78, 5) is 22.4. The fourth-order valence-electron chi connectivity index (χ4n) is 2.98. The van der Waals surface area contributed by atoms with Crippen LogP contribution in [0.15, 0.2) is 48.5 Å². The van der Waals surface area contributed by atoms with E-state index in [-0.39, 0.29) is 0 Å². The van der Waals surface area contributed by atoms with E-state index in [0.29, 0.717) is 24.5 Å². The van der Waals surface area contributed by atoms with Gasteiger partial charge in [0.25, 0.3) is 0 Å². The molecule has 6 nitrogen and oxygen atoms in total. The number of hydrogen-bond donors (Lipinski definition) is 1. The smallest absolute Gasteiger partial charge is 0.415 e. The molecule has 0 aliphatic carbocycles. The molecule has 0 saturated carbocycles. The fraction of sp³-hybridized carbons (Fsp3) is 0.333. The van der Waals surface area contributed by atoms with Crippen molar-refractivity contribution < 1.29 is 23.8 Å². The van der Waals surface area contributed by atoms with Crippen LogP contribution in [0.2, 0.25) is 0 Å². The second-order valence-corrected chi connectivity index (χ2v) is 6.41. The molecule has 2 aromatic rings. The molecule has 0 radical (unpaired) electrons. The summed E-state index contributed by atoms with van der Waals surface area (Å²) in [5.74, 6) is 0.929. The van der Waals surface area contributed by atoms with Gasteiger partial charge in [-0.1, -0.05) is 42.8 Å². The van der Waals surface area contributed by atoms with Gasteiger partial charge in [-0.05, 0) is 42.5 Å². The molecule has 27 heavy (non-hydrogen) atoms. The molecule has 1 atom stereocenters. The molecule has 0 bridgehead atoms. The third-order valence-corrected chi connectivity index (χ3v) is 4.44. The number of alkyl carbamates (subject to hydrolysis) is 1. The molecule has 1 aliphatic heterocycles. The molecule has 2 aromatic carbocycles. The summed E-state index contributed by atoms with van der Waals surface area (Å²) in [5.41, 5.74) is 2.23. The quantitative estimate of drug-likeness (QED) is 0.415. The molecule has 1 heterocycles. The first kappa shape index (κ1) is 18.8. The summed E-state index contributed by atoms with van der Waals surface area (Å²) in [7, 11) is 1.63. The maximum absolute atomic E-state index is 11.4. The van der Waals surface area contributed by atoms with Gasteiger partial charge in [-0.25, -0.2) is 9.59 Å². The molecule has 142 valence electrons. The van der Waals surface area contributed by atoms with Crippen molar-refractivity contribution in [3.05, 3.63) is 59.7 Å². The third kappa shape index (κ3) is 5.23. The molecule has 1 unspecified atom stereocenters. The van der Waals surface area contributed by atoms with Crippen molar-refractivity contribution in [3.63, 3.8) is 0 Å². The number of hydrogen-bond acceptors (Lipinski definition) is 5. The van der Waals surface area contributed by atoms with Crippen molar-refractivity contribution in [2.45, 2.75) is 38.3 Å². The molecule has 1 fully saturated rings. The second-order valence-electron chi connectivity index (χ2n) is 6.41. The number of carbonyl (C=O) groups is 2. The Balaban J connectivity index is 1.48. The summed E-state index contributed by atoms with van der Waals surface area (Å²) in [6, 6.07) is 15.4. The number of nitrogens with one attached hydrogen (secondary N) is 1. The zero-order valence-corrected chi connectivity index (χ0v) is 15.3. The molecule has 0 spiro atoms. The Bertz CT molecular complexity index is 790. The summed E-state index contributed by atoms with van der Waals surface area (Å²) in [6.45, 7) is 0.486. The predicted octanol–water partition coefficient (Wildman–Crippen LogP) is 3.62. The first-order chi connectivity index (χ1) is 13.2. The van der Waals surface area contributed by atoms with Crippen molar-refractivity contribution in [3.8, 4) is 11.5 Å². The average Bonchev–Trinajstić information content (AvgIpc) is 3.01. The number of benzene rings is 2. The van der Waals surface area contributed by atoms with Crippen molar-refractivity contribution in [2.24, 2.45) is 0 Å². The minimum Gasteiger partial charge on any atom is -0.493 e. The van der Waals surface area contributed by atoms with Crippen molar-refractivity contribution in [2.75, 3.05) is 7.11 Å². The molecular formula is C21H23NO5. The number of rotatable bonds is 9. The van der Waals surface area contributed by atoms with Crippen molar-refractivity contribution >= 4 is 12.1 Å². The number of methoxy groups -OCH3 is 1. The Hall–Kier alpha value is -3.02. The van der Waals surface area contributed by atoms with Crippen LogP contribution in [-0.4, -0.2) is 25.2 Å². The molecular weight excluding hydrogens is 346 g/mol. The highest BCUT2D eigenvalue weighted by Gasteiger charge is 2.31. The molecule has 6 heteroatoms. The van der Waals surface area contributed by atoms with Crippen molar-refractivity contribution in [1.82, 2.24) is 5.32 Å². The first-order valence-corrected chi connectivity index (χ1v) is 9.01. The van der Waals surface area contributed by atoms with E-state index in [4.69, 9.17) is 9.47 Å². The molecule has 1 amide bonds. The lowest BCUT2D eigenvalue weighted by atomic mass is 10.0. The van der Waals surface area contributed by atoms with E-state index in [9.17, 15) is 9.59 Å². The maximum Gasteiger partial charge on any atom is 0.415 e. The normalized spacial score (nSPS) is 16.0. The molecule has 1 saturated heterocycles. The highest BCUT2D eigenvalue weighted by Crippen LogP contribution is 2.29. The zero-order valence-electron chi connectivity index (χ0n) is 15.3. The number of cyclic esters (lactones) is 2. The van der Waals surface area contributed by atoms with Crippen LogP contribution in [0.1, 0.15) is 30.4 Å². The Kier molecular flexibility index (Phi) is 6.30. The minimum atomic E-state index is -0.652. The van der Waals surface area contributed by atoms with Crippen LogP contribution >= 0.6 is 0 Å². The number of carbonyl (C=O) groups excluding carboxylic acids is 2. The van der Waals surface area contributed by atoms with Crippen LogP contribution in [0.3, 0.4) is 0 Å². The fourth-order valence-corrected chi connectivity index (χ4v) is 2.98. The van der Waals surface area contributed by atoms with Gasteiger partial charge in [-0.3, -0.25) is 0 Å². The first-order valence-electron chi connectivity index (χ1n) is 9.01. The Morgan fingerprint density at radius 2 is 1.81 bits per heavy atom. The Labute approximate surface area is 158 Å². The van der Waals surface area contributed by atoms with Gasteiger partial charge in [0, 0.05) is 0 Å². The molecule has 3 rings (SSSR count). The lowest BCUT2D eigenvalue weighted by molar-refractivity contribution is -0.135. The Morgan fingerprint density at radius 3 is 2.52 bits per heavy atom. The molecule has 1 aliphatic rings. The van der Waals surface area contributed by atoms with E-state index in [1.165, 1.54) is 0 Å². The van der Waals surface area contributed by atoms with Gasteiger partial charge in [0.2, 0.25) is 0 Å². The van der Waals surface area contributed by atoms with E-state index < -0.39 is 18.1 Å². The van der Waals surface area contributed by atoms with Gasteiger partial charge in [0.15, 0.2) is 11.5 Å². The van der Waals surface area contributed by atoms with E-state index in [1.807, 2.05) is 48.5 Å². The highest BCUT2D eigenvalue weighted by molar-refractivity contribution is 5.95. The van der Waals surface area contributed by atoms with E-state index in [2.05, 4.69) is 10.1 Å². The maximum atomic E-state index is 11.4. The van der Waals surface area contributed by atoms with Crippen molar-refractivity contribution in [1.29, 1.82) is 0 Å². The van der Waals surface area contributed by atoms with Crippen LogP contribution in [0.5, 0.6) is 11.5 Å². The van der Waals surface area contributed by atoms with Crippen LogP contribution in [0, 0.1) is 0 Å². The number of unbranched alkanes of at least 4 members (excludes halogenated alkanes) is 1. The molecule has 0 aromatic heterocycles. The van der Waals surface area contributed by atoms with Gasteiger partial charge < -0.3 is 19.5 Å². The van der Waals surface area contributed by atoms with Gasteiger partial charge in [0.05, 0.1) is 7.11 Å². The minimum absolute atomic E-state index is 0.485. The van der Waals surface area contributed by atoms with Crippen LogP contribution < -0.4 is 14.8 Å². The lowest BCUT2D eigenvalue weighted by Crippen LogP contribution is -2.28. The summed E-state index contributed by atoms with van der Waals surface area (Å²) in [6.07, 6.45) is 2.49. The topological polar surface area (TPSA) is 73.9 Å². The van der Waals surface area contributed by atoms with Crippen LogP contribution in [0.4, 0.5) is 4.79 Å². The largest absolute Gasteiger partial charge is 0.493 e. The van der Waals surface area contributed by atoms with Gasteiger partial charge >= 0.3 is 12.1 Å². The lowest BCUT2D eigenvalue weighted by Gasteiger charge is -2.12. The number of aryl methyl sites for hydroxylation is 1. The number of ether oxygens (including phenoxy) is 3. The van der Waals surface area contributed by atoms with Crippen LogP contribution in [0.25, 0.3) is 0 Å². The molecule has 1 N–H and O–H groups in total. The third-order valence-electron chi connectivity index (χ3n) is 4.44. The van der Waals surface area contributed by atoms with E-state index in [0.717, 1.165) is 30.4 Å². The van der Waals surface area contributed by atoms with Crippen LogP contribution in [-0.2, 0) is 22.6 Å². The second kappa shape index (κ2) is 9.07. The highest BCUT2D eigenvalue weighted by atomic mass is 16.6. The van der Waals surface area contributed by atoms with Gasteiger partial charge in [0.1, 0.15) is 12.6 Å².